The predicted molar refractivity (Wildman–Crippen MR) is 78.1 cm³/mol. The average molecular weight is 346 g/mol. The molecule has 2 rings (SSSR count). The minimum Gasteiger partial charge on any atom is -0.369 e. The van der Waals surface area contributed by atoms with Gasteiger partial charge in [0.25, 0.3) is 0 Å². The molecule has 94 valence electrons. The lowest BCUT2D eigenvalue weighted by molar-refractivity contribution is 0.198. The molecule has 0 spiro atoms. The van der Waals surface area contributed by atoms with E-state index >= 15 is 0 Å². The van der Waals surface area contributed by atoms with Gasteiger partial charge in [0.2, 0.25) is 0 Å². The van der Waals surface area contributed by atoms with E-state index in [0.29, 0.717) is 0 Å². The fourth-order valence-corrected chi connectivity index (χ4v) is 2.68. The standard InChI is InChI=1S/C12H19IN4/c1-2-17-5-3-10(4-6-17)7-15-12-11(13)8-14-9-16-12/h8-10H,2-7H2,1H3,(H,14,15,16). The summed E-state index contributed by atoms with van der Waals surface area (Å²) in [6.45, 7) is 6.93. The molecule has 1 aliphatic rings. The molecule has 2 heterocycles. The van der Waals surface area contributed by atoms with Gasteiger partial charge in [-0.15, -0.1) is 0 Å². The summed E-state index contributed by atoms with van der Waals surface area (Å²) in [5.74, 6) is 1.75. The Morgan fingerprint density at radius 1 is 1.47 bits per heavy atom. The molecule has 0 atom stereocenters. The van der Waals surface area contributed by atoms with Crippen LogP contribution >= 0.6 is 22.6 Å². The number of nitrogens with one attached hydrogen (secondary N) is 1. The minimum atomic E-state index is 0.781. The van der Waals surface area contributed by atoms with Crippen LogP contribution in [0.4, 0.5) is 5.82 Å². The summed E-state index contributed by atoms with van der Waals surface area (Å²) < 4.78 is 1.09. The third-order valence-electron chi connectivity index (χ3n) is 3.38. The first-order valence-electron chi connectivity index (χ1n) is 6.21. The highest BCUT2D eigenvalue weighted by Crippen LogP contribution is 2.19. The quantitative estimate of drug-likeness (QED) is 0.849. The molecular weight excluding hydrogens is 327 g/mol. The molecule has 5 heteroatoms. The SMILES string of the molecule is CCN1CCC(CNc2ncncc2I)CC1. The molecule has 0 saturated carbocycles. The van der Waals surface area contributed by atoms with E-state index in [-0.39, 0.29) is 0 Å². The molecule has 0 unspecified atom stereocenters. The Labute approximate surface area is 116 Å². The van der Waals surface area contributed by atoms with E-state index in [1.807, 2.05) is 6.20 Å². The summed E-state index contributed by atoms with van der Waals surface area (Å²) >= 11 is 2.27. The van der Waals surface area contributed by atoms with Gasteiger partial charge in [-0.3, -0.25) is 0 Å². The Bertz CT molecular complexity index is 350. The zero-order valence-electron chi connectivity index (χ0n) is 10.2. The Balaban J connectivity index is 1.78. The van der Waals surface area contributed by atoms with E-state index in [0.717, 1.165) is 21.9 Å². The molecule has 0 aromatic carbocycles. The van der Waals surface area contributed by atoms with Crippen LogP contribution in [-0.4, -0.2) is 41.0 Å². The molecule has 0 radical (unpaired) electrons. The Morgan fingerprint density at radius 3 is 2.88 bits per heavy atom. The third-order valence-corrected chi connectivity index (χ3v) is 4.17. The van der Waals surface area contributed by atoms with Crippen molar-refractivity contribution < 1.29 is 0 Å². The van der Waals surface area contributed by atoms with Gasteiger partial charge in [0, 0.05) is 12.7 Å². The largest absolute Gasteiger partial charge is 0.369 e. The van der Waals surface area contributed by atoms with Crippen LogP contribution < -0.4 is 5.32 Å². The lowest BCUT2D eigenvalue weighted by atomic mass is 9.97. The van der Waals surface area contributed by atoms with Crippen molar-refractivity contribution in [1.82, 2.24) is 14.9 Å². The Morgan fingerprint density at radius 2 is 2.24 bits per heavy atom. The molecule has 1 saturated heterocycles. The molecule has 17 heavy (non-hydrogen) atoms. The third kappa shape index (κ3) is 3.77. The topological polar surface area (TPSA) is 41.0 Å². The maximum atomic E-state index is 4.25. The molecule has 1 aromatic rings. The number of likely N-dealkylation sites (tertiary alicyclic amines) is 1. The van der Waals surface area contributed by atoms with Crippen molar-refractivity contribution in [2.75, 3.05) is 31.5 Å². The number of rotatable bonds is 4. The van der Waals surface area contributed by atoms with Gasteiger partial charge < -0.3 is 10.2 Å². The van der Waals surface area contributed by atoms with E-state index in [9.17, 15) is 0 Å². The summed E-state index contributed by atoms with van der Waals surface area (Å²) in [4.78, 5) is 10.8. The van der Waals surface area contributed by atoms with Crippen molar-refractivity contribution in [3.05, 3.63) is 16.1 Å². The van der Waals surface area contributed by atoms with E-state index in [1.54, 1.807) is 6.33 Å². The molecule has 1 aliphatic heterocycles. The summed E-state index contributed by atoms with van der Waals surface area (Å²) in [5, 5.41) is 3.44. The number of nitrogens with zero attached hydrogens (tertiary/aromatic N) is 3. The van der Waals surface area contributed by atoms with Crippen LogP contribution in [0, 0.1) is 9.49 Å². The van der Waals surface area contributed by atoms with Gasteiger partial charge in [0.1, 0.15) is 12.1 Å². The molecule has 1 fully saturated rings. The van der Waals surface area contributed by atoms with Gasteiger partial charge in [-0.1, -0.05) is 6.92 Å². The highest BCUT2D eigenvalue weighted by atomic mass is 127. The molecule has 0 amide bonds. The summed E-state index contributed by atoms with van der Waals surface area (Å²) in [5.41, 5.74) is 0. The van der Waals surface area contributed by atoms with Gasteiger partial charge in [0.15, 0.2) is 0 Å². The van der Waals surface area contributed by atoms with Crippen LogP contribution in [0.15, 0.2) is 12.5 Å². The highest BCUT2D eigenvalue weighted by molar-refractivity contribution is 14.1. The number of hydrogen-bond donors (Lipinski definition) is 1. The number of anilines is 1. The average Bonchev–Trinajstić information content (AvgIpc) is 2.38. The second kappa shape index (κ2) is 6.49. The fraction of sp³-hybridized carbons (Fsp3) is 0.667. The van der Waals surface area contributed by atoms with Crippen molar-refractivity contribution in [3.8, 4) is 0 Å². The zero-order chi connectivity index (χ0) is 12.1. The summed E-state index contributed by atoms with van der Waals surface area (Å²) in [7, 11) is 0. The molecular formula is C12H19IN4. The molecule has 1 N–H and O–H groups in total. The summed E-state index contributed by atoms with van der Waals surface area (Å²) in [6, 6.07) is 0. The summed E-state index contributed by atoms with van der Waals surface area (Å²) in [6.07, 6.45) is 6.03. The first-order valence-corrected chi connectivity index (χ1v) is 7.29. The van der Waals surface area contributed by atoms with E-state index in [1.165, 1.54) is 32.5 Å². The van der Waals surface area contributed by atoms with Crippen molar-refractivity contribution in [3.63, 3.8) is 0 Å². The van der Waals surface area contributed by atoms with Gasteiger partial charge in [-0.2, -0.15) is 0 Å². The lowest BCUT2D eigenvalue weighted by Gasteiger charge is -2.31. The first-order chi connectivity index (χ1) is 8.29. The van der Waals surface area contributed by atoms with Crippen molar-refractivity contribution in [1.29, 1.82) is 0 Å². The van der Waals surface area contributed by atoms with Crippen LogP contribution in [0.3, 0.4) is 0 Å². The maximum Gasteiger partial charge on any atom is 0.142 e. The van der Waals surface area contributed by atoms with Crippen LogP contribution in [-0.2, 0) is 0 Å². The van der Waals surface area contributed by atoms with Gasteiger partial charge >= 0.3 is 0 Å². The normalized spacial score (nSPS) is 18.2. The van der Waals surface area contributed by atoms with Crippen molar-refractivity contribution in [2.24, 2.45) is 5.92 Å². The Kier molecular flexibility index (Phi) is 4.97. The van der Waals surface area contributed by atoms with Crippen LogP contribution in [0.2, 0.25) is 0 Å². The Hall–Kier alpha value is -0.430. The zero-order valence-corrected chi connectivity index (χ0v) is 12.4. The van der Waals surface area contributed by atoms with Crippen LogP contribution in [0.1, 0.15) is 19.8 Å². The molecule has 4 nitrogen and oxygen atoms in total. The van der Waals surface area contributed by atoms with E-state index in [2.05, 4.69) is 49.7 Å². The van der Waals surface area contributed by atoms with Crippen molar-refractivity contribution in [2.45, 2.75) is 19.8 Å². The molecule has 0 bridgehead atoms. The number of hydrogen-bond acceptors (Lipinski definition) is 4. The molecule has 0 aliphatic carbocycles. The number of piperidine rings is 1. The first kappa shape index (κ1) is 13.0. The number of halogens is 1. The van der Waals surface area contributed by atoms with Gasteiger partial charge in [-0.25, -0.2) is 9.97 Å². The fourth-order valence-electron chi connectivity index (χ4n) is 2.19. The lowest BCUT2D eigenvalue weighted by Crippen LogP contribution is -2.35. The smallest absolute Gasteiger partial charge is 0.142 e. The van der Waals surface area contributed by atoms with Gasteiger partial charge in [0.05, 0.1) is 3.57 Å². The predicted octanol–water partition coefficient (Wildman–Crippen LogP) is 2.22. The second-order valence-electron chi connectivity index (χ2n) is 4.48. The highest BCUT2D eigenvalue weighted by Gasteiger charge is 2.17. The monoisotopic (exact) mass is 346 g/mol. The maximum absolute atomic E-state index is 4.25. The van der Waals surface area contributed by atoms with Crippen LogP contribution in [0.5, 0.6) is 0 Å². The van der Waals surface area contributed by atoms with Crippen molar-refractivity contribution >= 4 is 28.4 Å². The van der Waals surface area contributed by atoms with E-state index in [4.69, 9.17) is 0 Å². The van der Waals surface area contributed by atoms with Crippen LogP contribution in [0.25, 0.3) is 0 Å². The van der Waals surface area contributed by atoms with E-state index < -0.39 is 0 Å². The van der Waals surface area contributed by atoms with Gasteiger partial charge in [-0.05, 0) is 61.0 Å². The molecule has 1 aromatic heterocycles. The second-order valence-corrected chi connectivity index (χ2v) is 5.64. The number of aromatic nitrogens is 2. The minimum absolute atomic E-state index is 0.781.